The molecule has 0 saturated carbocycles. The van der Waals surface area contributed by atoms with E-state index in [0.717, 1.165) is 11.3 Å². The molecule has 2 atom stereocenters. The van der Waals surface area contributed by atoms with Crippen LogP contribution in [-0.4, -0.2) is 17.5 Å². The predicted octanol–water partition coefficient (Wildman–Crippen LogP) is 2.71. The van der Waals surface area contributed by atoms with Crippen molar-refractivity contribution in [3.63, 3.8) is 0 Å². The summed E-state index contributed by atoms with van der Waals surface area (Å²) in [5.41, 5.74) is 1.99. The van der Waals surface area contributed by atoms with Crippen molar-refractivity contribution in [2.75, 3.05) is 11.5 Å². The fourth-order valence-corrected chi connectivity index (χ4v) is 3.24. The van der Waals surface area contributed by atoms with Gasteiger partial charge in [-0.05, 0) is 24.1 Å². The molecule has 1 heterocycles. The van der Waals surface area contributed by atoms with E-state index in [9.17, 15) is 0 Å². The van der Waals surface area contributed by atoms with Crippen LogP contribution < -0.4 is 5.32 Å². The van der Waals surface area contributed by atoms with E-state index in [1.54, 1.807) is 0 Å². The highest BCUT2D eigenvalue weighted by molar-refractivity contribution is 7.99. The normalized spacial score (nSPS) is 25.0. The number of nitrogens with zero attached hydrogens (tertiary/aromatic N) is 1. The average molecular weight is 232 g/mol. The highest BCUT2D eigenvalue weighted by Gasteiger charge is 2.21. The zero-order valence-electron chi connectivity index (χ0n) is 9.44. The fraction of sp³-hybridized carbons (Fsp3) is 0.462. The molecule has 1 saturated heterocycles. The number of nitrogens with one attached hydrogen (secondary N) is 1. The molecule has 0 radical (unpaired) electrons. The second kappa shape index (κ2) is 5.38. The molecule has 1 aromatic carbocycles. The van der Waals surface area contributed by atoms with Crippen LogP contribution in [0.3, 0.4) is 0 Å². The molecule has 0 aliphatic carbocycles. The Morgan fingerprint density at radius 2 is 2.38 bits per heavy atom. The standard InChI is InChI=1S/C13H16N2S/c1-2-12-8-16-9-13(15-12)11-5-3-4-10(6-11)7-14/h3-6,12-13,15H,2,8-9H2,1H3. The molecule has 0 bridgehead atoms. The van der Waals surface area contributed by atoms with E-state index >= 15 is 0 Å². The van der Waals surface area contributed by atoms with Crippen molar-refractivity contribution in [2.24, 2.45) is 0 Å². The molecule has 84 valence electrons. The summed E-state index contributed by atoms with van der Waals surface area (Å²) in [7, 11) is 0. The fourth-order valence-electron chi connectivity index (χ4n) is 1.96. The molecular weight excluding hydrogens is 216 g/mol. The van der Waals surface area contributed by atoms with Crippen LogP contribution in [0.4, 0.5) is 0 Å². The Kier molecular flexibility index (Phi) is 3.87. The molecule has 1 aliphatic rings. The zero-order chi connectivity index (χ0) is 11.4. The van der Waals surface area contributed by atoms with Gasteiger partial charge in [0, 0.05) is 23.6 Å². The van der Waals surface area contributed by atoms with Gasteiger partial charge in [-0.3, -0.25) is 0 Å². The van der Waals surface area contributed by atoms with E-state index < -0.39 is 0 Å². The van der Waals surface area contributed by atoms with Crippen molar-refractivity contribution >= 4 is 11.8 Å². The Morgan fingerprint density at radius 3 is 3.12 bits per heavy atom. The molecule has 2 nitrogen and oxygen atoms in total. The summed E-state index contributed by atoms with van der Waals surface area (Å²) in [4.78, 5) is 0. The molecule has 0 amide bonds. The smallest absolute Gasteiger partial charge is 0.0991 e. The van der Waals surface area contributed by atoms with Gasteiger partial charge in [-0.15, -0.1) is 0 Å². The van der Waals surface area contributed by atoms with Crippen molar-refractivity contribution in [2.45, 2.75) is 25.4 Å². The molecular formula is C13H16N2S. The third-order valence-corrected chi connectivity index (χ3v) is 4.16. The lowest BCUT2D eigenvalue weighted by molar-refractivity contribution is 0.466. The van der Waals surface area contributed by atoms with Crippen molar-refractivity contribution in [1.82, 2.24) is 5.32 Å². The molecule has 1 aromatic rings. The number of thioether (sulfide) groups is 1. The first-order chi connectivity index (χ1) is 7.83. The second-order valence-electron chi connectivity index (χ2n) is 4.10. The van der Waals surface area contributed by atoms with Gasteiger partial charge in [-0.1, -0.05) is 19.1 Å². The minimum Gasteiger partial charge on any atom is -0.306 e. The van der Waals surface area contributed by atoms with Crippen molar-refractivity contribution in [3.05, 3.63) is 35.4 Å². The van der Waals surface area contributed by atoms with Crippen LogP contribution in [0.5, 0.6) is 0 Å². The number of hydrogen-bond acceptors (Lipinski definition) is 3. The van der Waals surface area contributed by atoms with Gasteiger partial charge in [-0.2, -0.15) is 17.0 Å². The van der Waals surface area contributed by atoms with Crippen molar-refractivity contribution in [1.29, 1.82) is 5.26 Å². The van der Waals surface area contributed by atoms with E-state index in [1.165, 1.54) is 17.7 Å². The lowest BCUT2D eigenvalue weighted by Gasteiger charge is -2.30. The number of benzene rings is 1. The van der Waals surface area contributed by atoms with Crippen molar-refractivity contribution < 1.29 is 0 Å². The lowest BCUT2D eigenvalue weighted by Crippen LogP contribution is -2.39. The summed E-state index contributed by atoms with van der Waals surface area (Å²) < 4.78 is 0. The van der Waals surface area contributed by atoms with Gasteiger partial charge < -0.3 is 5.32 Å². The summed E-state index contributed by atoms with van der Waals surface area (Å²) in [5.74, 6) is 2.30. The monoisotopic (exact) mass is 232 g/mol. The summed E-state index contributed by atoms with van der Waals surface area (Å²) in [5, 5.41) is 12.5. The van der Waals surface area contributed by atoms with Crippen LogP contribution in [0, 0.1) is 11.3 Å². The Morgan fingerprint density at radius 1 is 1.50 bits per heavy atom. The SMILES string of the molecule is CCC1CSCC(c2cccc(C#N)c2)N1. The van der Waals surface area contributed by atoms with Crippen LogP contribution in [0.2, 0.25) is 0 Å². The second-order valence-corrected chi connectivity index (χ2v) is 5.17. The van der Waals surface area contributed by atoms with E-state index in [-0.39, 0.29) is 0 Å². The van der Waals surface area contributed by atoms with Gasteiger partial charge in [0.05, 0.1) is 11.6 Å². The highest BCUT2D eigenvalue weighted by Crippen LogP contribution is 2.25. The first-order valence-corrected chi connectivity index (χ1v) is 6.82. The summed E-state index contributed by atoms with van der Waals surface area (Å²) in [6.45, 7) is 2.21. The van der Waals surface area contributed by atoms with Crippen molar-refractivity contribution in [3.8, 4) is 6.07 Å². The Hall–Kier alpha value is -0.980. The average Bonchev–Trinajstić information content (AvgIpc) is 2.39. The Balaban J connectivity index is 2.14. The molecule has 16 heavy (non-hydrogen) atoms. The largest absolute Gasteiger partial charge is 0.306 e. The number of hydrogen-bond donors (Lipinski definition) is 1. The summed E-state index contributed by atoms with van der Waals surface area (Å²) >= 11 is 2.00. The van der Waals surface area contributed by atoms with Gasteiger partial charge in [0.2, 0.25) is 0 Å². The van der Waals surface area contributed by atoms with E-state index in [1.807, 2.05) is 30.0 Å². The quantitative estimate of drug-likeness (QED) is 0.851. The number of rotatable bonds is 2. The molecule has 2 rings (SSSR count). The predicted molar refractivity (Wildman–Crippen MR) is 68.4 cm³/mol. The molecule has 3 heteroatoms. The van der Waals surface area contributed by atoms with Crippen LogP contribution in [0.1, 0.15) is 30.5 Å². The van der Waals surface area contributed by atoms with Crippen LogP contribution in [-0.2, 0) is 0 Å². The molecule has 0 aromatic heterocycles. The number of nitriles is 1. The molecule has 0 spiro atoms. The van der Waals surface area contributed by atoms with Gasteiger partial charge in [0.15, 0.2) is 0 Å². The minimum atomic E-state index is 0.400. The molecule has 1 fully saturated rings. The zero-order valence-corrected chi connectivity index (χ0v) is 10.3. The third kappa shape index (κ3) is 2.58. The Labute approximate surface area is 101 Å². The maximum absolute atomic E-state index is 8.88. The Bertz CT molecular complexity index is 397. The lowest BCUT2D eigenvalue weighted by atomic mass is 10.0. The summed E-state index contributed by atoms with van der Waals surface area (Å²) in [6, 6.07) is 11.1. The molecule has 1 N–H and O–H groups in total. The topological polar surface area (TPSA) is 35.8 Å². The maximum atomic E-state index is 8.88. The van der Waals surface area contributed by atoms with Gasteiger partial charge in [0.1, 0.15) is 0 Å². The molecule has 1 aliphatic heterocycles. The van der Waals surface area contributed by atoms with Crippen LogP contribution in [0.25, 0.3) is 0 Å². The first-order valence-electron chi connectivity index (χ1n) is 5.67. The summed E-state index contributed by atoms with van der Waals surface area (Å²) in [6.07, 6.45) is 1.17. The van der Waals surface area contributed by atoms with Gasteiger partial charge in [0.25, 0.3) is 0 Å². The van der Waals surface area contributed by atoms with Crippen LogP contribution >= 0.6 is 11.8 Å². The van der Waals surface area contributed by atoms with E-state index in [2.05, 4.69) is 24.4 Å². The van der Waals surface area contributed by atoms with Gasteiger partial charge in [-0.25, -0.2) is 0 Å². The third-order valence-electron chi connectivity index (χ3n) is 2.95. The van der Waals surface area contributed by atoms with E-state index in [0.29, 0.717) is 12.1 Å². The molecule has 2 unspecified atom stereocenters. The maximum Gasteiger partial charge on any atom is 0.0991 e. The minimum absolute atomic E-state index is 0.400. The van der Waals surface area contributed by atoms with E-state index in [4.69, 9.17) is 5.26 Å². The first kappa shape index (κ1) is 11.5. The highest BCUT2D eigenvalue weighted by atomic mass is 32.2. The van der Waals surface area contributed by atoms with Crippen LogP contribution in [0.15, 0.2) is 24.3 Å². The van der Waals surface area contributed by atoms with Gasteiger partial charge >= 0.3 is 0 Å².